The fourth-order valence-electron chi connectivity index (χ4n) is 1.94. The molecule has 100 valence electrons. The number of nitrogens with two attached hydrogens (primary N) is 1. The van der Waals surface area contributed by atoms with Crippen LogP contribution in [0.15, 0.2) is 34.9 Å². The van der Waals surface area contributed by atoms with Gasteiger partial charge >= 0.3 is 0 Å². The highest BCUT2D eigenvalue weighted by Gasteiger charge is 2.24. The number of rotatable bonds is 3. The Morgan fingerprint density at radius 3 is 2.84 bits per heavy atom. The Balaban J connectivity index is 1.77. The minimum Gasteiger partial charge on any atom is -0.337 e. The standard InChI is InChI=1S/C13H15N3OS2/c14-11(9-4-2-1-3-5-9)13-15-12(16-17-13)10-8-18-6-7-19-10/h1-5,10-11H,6-8,14H2/t10?,11-/m0/s1. The number of thioether (sulfide) groups is 2. The third-order valence-electron chi connectivity index (χ3n) is 2.99. The first-order valence-corrected chi connectivity index (χ1v) is 8.38. The molecule has 2 N–H and O–H groups in total. The lowest BCUT2D eigenvalue weighted by Crippen LogP contribution is -2.13. The highest BCUT2D eigenvalue weighted by molar-refractivity contribution is 8.06. The molecule has 1 fully saturated rings. The van der Waals surface area contributed by atoms with E-state index in [1.165, 1.54) is 5.75 Å². The molecule has 1 saturated heterocycles. The second-order valence-electron chi connectivity index (χ2n) is 4.31. The van der Waals surface area contributed by atoms with Crippen LogP contribution in [-0.4, -0.2) is 27.4 Å². The summed E-state index contributed by atoms with van der Waals surface area (Å²) in [5.74, 6) is 4.67. The van der Waals surface area contributed by atoms with Crippen molar-refractivity contribution in [2.75, 3.05) is 17.3 Å². The van der Waals surface area contributed by atoms with Crippen molar-refractivity contribution >= 4 is 23.5 Å². The monoisotopic (exact) mass is 293 g/mol. The first-order valence-electron chi connectivity index (χ1n) is 6.18. The van der Waals surface area contributed by atoms with Crippen LogP contribution < -0.4 is 5.73 Å². The number of benzene rings is 1. The van der Waals surface area contributed by atoms with Gasteiger partial charge in [-0.3, -0.25) is 0 Å². The van der Waals surface area contributed by atoms with Gasteiger partial charge in [0.25, 0.3) is 0 Å². The van der Waals surface area contributed by atoms with Crippen molar-refractivity contribution < 1.29 is 4.52 Å². The van der Waals surface area contributed by atoms with Gasteiger partial charge < -0.3 is 10.3 Å². The Morgan fingerprint density at radius 1 is 1.26 bits per heavy atom. The SMILES string of the molecule is N[C@@H](c1ccccc1)c1nc(C2CSCCS2)no1. The summed E-state index contributed by atoms with van der Waals surface area (Å²) in [6, 6.07) is 9.48. The van der Waals surface area contributed by atoms with Gasteiger partial charge in [0.2, 0.25) is 5.89 Å². The minimum absolute atomic E-state index is 0.333. The van der Waals surface area contributed by atoms with Crippen LogP contribution in [0.25, 0.3) is 0 Å². The number of nitrogens with zero attached hydrogens (tertiary/aromatic N) is 2. The van der Waals surface area contributed by atoms with Crippen LogP contribution >= 0.6 is 23.5 Å². The van der Waals surface area contributed by atoms with Crippen molar-refractivity contribution in [3.63, 3.8) is 0 Å². The molecule has 1 aromatic heterocycles. The van der Waals surface area contributed by atoms with E-state index in [1.54, 1.807) is 0 Å². The summed E-state index contributed by atoms with van der Waals surface area (Å²) in [4.78, 5) is 4.47. The van der Waals surface area contributed by atoms with E-state index in [0.717, 1.165) is 22.9 Å². The van der Waals surface area contributed by atoms with Crippen molar-refractivity contribution in [2.24, 2.45) is 5.73 Å². The van der Waals surface area contributed by atoms with Crippen LogP contribution in [0.4, 0.5) is 0 Å². The Morgan fingerprint density at radius 2 is 2.11 bits per heavy atom. The molecule has 2 atom stereocenters. The zero-order valence-corrected chi connectivity index (χ0v) is 12.0. The molecule has 0 bridgehead atoms. The molecule has 1 aromatic carbocycles. The lowest BCUT2D eigenvalue weighted by molar-refractivity contribution is 0.362. The zero-order chi connectivity index (χ0) is 13.1. The second kappa shape index (κ2) is 5.98. The lowest BCUT2D eigenvalue weighted by Gasteiger charge is -2.17. The van der Waals surface area contributed by atoms with E-state index < -0.39 is 0 Å². The fourth-order valence-corrected chi connectivity index (χ4v) is 4.53. The van der Waals surface area contributed by atoms with Crippen molar-refractivity contribution in [2.45, 2.75) is 11.3 Å². The van der Waals surface area contributed by atoms with E-state index >= 15 is 0 Å². The molecule has 0 radical (unpaired) electrons. The van der Waals surface area contributed by atoms with E-state index in [-0.39, 0.29) is 6.04 Å². The predicted molar refractivity (Wildman–Crippen MR) is 79.3 cm³/mol. The molecule has 1 unspecified atom stereocenters. The Hall–Kier alpha value is -0.980. The summed E-state index contributed by atoms with van der Waals surface area (Å²) in [7, 11) is 0. The molecule has 4 nitrogen and oxygen atoms in total. The minimum atomic E-state index is -0.344. The van der Waals surface area contributed by atoms with Gasteiger partial charge in [-0.05, 0) is 5.56 Å². The third-order valence-corrected chi connectivity index (χ3v) is 5.74. The highest BCUT2D eigenvalue weighted by atomic mass is 32.2. The molecule has 1 aliphatic rings. The summed E-state index contributed by atoms with van der Waals surface area (Å²) in [6.45, 7) is 0. The number of hydrogen-bond donors (Lipinski definition) is 1. The van der Waals surface area contributed by atoms with Crippen molar-refractivity contribution in [1.82, 2.24) is 10.1 Å². The molecule has 3 rings (SSSR count). The molecule has 0 spiro atoms. The average molecular weight is 293 g/mol. The number of aromatic nitrogens is 2. The molecule has 2 heterocycles. The van der Waals surface area contributed by atoms with Crippen molar-refractivity contribution in [3.8, 4) is 0 Å². The summed E-state index contributed by atoms with van der Waals surface area (Å²) >= 11 is 3.83. The van der Waals surface area contributed by atoms with Crippen LogP contribution in [0, 0.1) is 0 Å². The summed E-state index contributed by atoms with van der Waals surface area (Å²) in [5, 5.41) is 4.42. The maximum absolute atomic E-state index is 6.15. The molecule has 2 aromatic rings. The van der Waals surface area contributed by atoms with Crippen LogP contribution in [0.2, 0.25) is 0 Å². The van der Waals surface area contributed by atoms with Crippen LogP contribution in [0.3, 0.4) is 0 Å². The smallest absolute Gasteiger partial charge is 0.248 e. The highest BCUT2D eigenvalue weighted by Crippen LogP contribution is 2.35. The molecule has 0 amide bonds. The van der Waals surface area contributed by atoms with Gasteiger partial charge in [-0.1, -0.05) is 35.5 Å². The van der Waals surface area contributed by atoms with Gasteiger partial charge in [0.1, 0.15) is 6.04 Å². The predicted octanol–water partition coefficient (Wildman–Crippen LogP) is 2.64. The quantitative estimate of drug-likeness (QED) is 0.938. The van der Waals surface area contributed by atoms with Gasteiger partial charge in [-0.15, -0.1) is 11.8 Å². The summed E-state index contributed by atoms with van der Waals surface area (Å²) in [5.41, 5.74) is 7.14. The van der Waals surface area contributed by atoms with E-state index in [2.05, 4.69) is 10.1 Å². The van der Waals surface area contributed by atoms with E-state index in [9.17, 15) is 0 Å². The molecule has 19 heavy (non-hydrogen) atoms. The second-order valence-corrected chi connectivity index (χ2v) is 6.77. The van der Waals surface area contributed by atoms with Crippen LogP contribution in [0.1, 0.15) is 28.6 Å². The Bertz CT molecular complexity index is 526. The first kappa shape index (κ1) is 13.0. The van der Waals surface area contributed by atoms with Gasteiger partial charge in [-0.2, -0.15) is 16.7 Å². The maximum atomic E-state index is 6.15. The zero-order valence-electron chi connectivity index (χ0n) is 10.4. The molecule has 1 aliphatic heterocycles. The van der Waals surface area contributed by atoms with Crippen molar-refractivity contribution in [1.29, 1.82) is 0 Å². The Kier molecular flexibility index (Phi) is 4.10. The van der Waals surface area contributed by atoms with E-state index in [4.69, 9.17) is 10.3 Å². The maximum Gasteiger partial charge on any atom is 0.248 e. The molecule has 0 saturated carbocycles. The first-order chi connectivity index (χ1) is 9.34. The van der Waals surface area contributed by atoms with E-state index in [0.29, 0.717) is 11.1 Å². The fraction of sp³-hybridized carbons (Fsp3) is 0.385. The van der Waals surface area contributed by atoms with Crippen LogP contribution in [0.5, 0.6) is 0 Å². The normalized spacial score (nSPS) is 21.2. The van der Waals surface area contributed by atoms with Gasteiger partial charge in [0.05, 0.1) is 5.25 Å². The largest absolute Gasteiger partial charge is 0.337 e. The van der Waals surface area contributed by atoms with E-state index in [1.807, 2.05) is 53.9 Å². The molecular weight excluding hydrogens is 278 g/mol. The average Bonchev–Trinajstić information content (AvgIpc) is 2.98. The molecular formula is C13H15N3OS2. The summed E-state index contributed by atoms with van der Waals surface area (Å²) < 4.78 is 5.33. The van der Waals surface area contributed by atoms with Crippen LogP contribution in [-0.2, 0) is 0 Å². The molecule has 0 aliphatic carbocycles. The summed E-state index contributed by atoms with van der Waals surface area (Å²) in [6.07, 6.45) is 0. The number of hydrogen-bond acceptors (Lipinski definition) is 6. The van der Waals surface area contributed by atoms with Gasteiger partial charge in [0, 0.05) is 17.3 Å². The Labute approximate surface area is 120 Å². The third kappa shape index (κ3) is 2.96. The van der Waals surface area contributed by atoms with Gasteiger partial charge in [-0.25, -0.2) is 0 Å². The van der Waals surface area contributed by atoms with Gasteiger partial charge in [0.15, 0.2) is 5.82 Å². The lowest BCUT2D eigenvalue weighted by atomic mass is 10.1. The van der Waals surface area contributed by atoms with Crippen molar-refractivity contribution in [3.05, 3.63) is 47.6 Å². The topological polar surface area (TPSA) is 64.9 Å². The molecule has 6 heteroatoms.